The van der Waals surface area contributed by atoms with Crippen LogP contribution in [0.1, 0.15) is 53.1 Å². The van der Waals surface area contributed by atoms with Crippen molar-refractivity contribution in [2.45, 2.75) is 50.9 Å². The van der Waals surface area contributed by atoms with Crippen LogP contribution in [0.5, 0.6) is 5.75 Å². The van der Waals surface area contributed by atoms with E-state index in [1.807, 2.05) is 13.8 Å². The summed E-state index contributed by atoms with van der Waals surface area (Å²) in [5.41, 5.74) is -2.40. The van der Waals surface area contributed by atoms with Gasteiger partial charge < -0.3 is 25.0 Å². The van der Waals surface area contributed by atoms with Gasteiger partial charge in [0.1, 0.15) is 17.2 Å². The highest BCUT2D eigenvalue weighted by Gasteiger charge is 2.52. The third-order valence-electron chi connectivity index (χ3n) is 6.18. The number of fused-ring (bicyclic) bond motifs is 2. The van der Waals surface area contributed by atoms with Crippen molar-refractivity contribution in [1.29, 1.82) is 0 Å². The molecule has 178 valence electrons. The Morgan fingerprint density at radius 1 is 1.27 bits per heavy atom. The Morgan fingerprint density at radius 2 is 1.94 bits per heavy atom. The lowest BCUT2D eigenvalue weighted by Crippen LogP contribution is -2.63. The first-order valence-electron chi connectivity index (χ1n) is 10.2. The zero-order valence-corrected chi connectivity index (χ0v) is 19.7. The molecule has 1 aliphatic heterocycles. The number of carbonyl (C=O) groups excluding carboxylic acids is 2. The van der Waals surface area contributed by atoms with Crippen molar-refractivity contribution >= 4 is 28.8 Å². The van der Waals surface area contributed by atoms with E-state index in [-0.39, 0.29) is 47.4 Å². The fourth-order valence-corrected chi connectivity index (χ4v) is 4.44. The molecule has 0 radical (unpaired) electrons. The maximum atomic E-state index is 13.8. The van der Waals surface area contributed by atoms with Gasteiger partial charge in [-0.1, -0.05) is 6.07 Å². The summed E-state index contributed by atoms with van der Waals surface area (Å²) in [6.07, 6.45) is 1.20. The highest BCUT2D eigenvalue weighted by Crippen LogP contribution is 2.45. The van der Waals surface area contributed by atoms with Crippen LogP contribution >= 0.6 is 17.0 Å². The Morgan fingerprint density at radius 3 is 2.52 bits per heavy atom. The van der Waals surface area contributed by atoms with Crippen molar-refractivity contribution in [2.24, 2.45) is 0 Å². The first kappa shape index (κ1) is 24.8. The van der Waals surface area contributed by atoms with Crippen LogP contribution in [0.25, 0.3) is 0 Å². The molecular weight excluding hydrogens is 504 g/mol. The van der Waals surface area contributed by atoms with Gasteiger partial charge in [0, 0.05) is 37.0 Å². The zero-order chi connectivity index (χ0) is 23.4. The average Bonchev–Trinajstić information content (AvgIpc) is 2.70. The molecule has 2 aromatic rings. The van der Waals surface area contributed by atoms with E-state index in [1.54, 1.807) is 0 Å². The van der Waals surface area contributed by atoms with E-state index >= 15 is 0 Å². The molecule has 0 saturated heterocycles. The molecule has 1 aliphatic carbocycles. The smallest absolute Gasteiger partial charge is 0.274 e. The van der Waals surface area contributed by atoms with Gasteiger partial charge in [-0.3, -0.25) is 14.4 Å². The number of carbonyl (C=O) groups is 2. The number of aromatic nitrogens is 1. The van der Waals surface area contributed by atoms with Gasteiger partial charge in [-0.25, -0.2) is 8.78 Å². The van der Waals surface area contributed by atoms with Crippen molar-refractivity contribution < 1.29 is 28.6 Å². The number of halogens is 3. The third-order valence-corrected chi connectivity index (χ3v) is 6.18. The van der Waals surface area contributed by atoms with Gasteiger partial charge in [0.05, 0.1) is 11.6 Å². The fourth-order valence-electron chi connectivity index (χ4n) is 4.44. The minimum Gasteiger partial charge on any atom is -0.503 e. The summed E-state index contributed by atoms with van der Waals surface area (Å²) in [7, 11) is 0. The summed E-state index contributed by atoms with van der Waals surface area (Å²) in [5.74, 6) is -3.87. The number of hydrogen-bond donors (Lipinski definition) is 3. The lowest BCUT2D eigenvalue weighted by atomic mass is 9.72. The lowest BCUT2D eigenvalue weighted by molar-refractivity contribution is -0.0528. The van der Waals surface area contributed by atoms with Gasteiger partial charge in [-0.2, -0.15) is 0 Å². The summed E-state index contributed by atoms with van der Waals surface area (Å²) in [5, 5.41) is 22.9. The molecule has 3 N–H and O–H groups in total. The number of nitrogens with one attached hydrogen (secondary N) is 1. The van der Waals surface area contributed by atoms with Crippen molar-refractivity contribution in [3.05, 3.63) is 63.1 Å². The molecule has 1 aromatic heterocycles. The van der Waals surface area contributed by atoms with Crippen LogP contribution in [-0.2, 0) is 12.1 Å². The topological polar surface area (TPSA) is 112 Å². The highest BCUT2D eigenvalue weighted by atomic mass is 79.9. The predicted molar refractivity (Wildman–Crippen MR) is 120 cm³/mol. The van der Waals surface area contributed by atoms with Gasteiger partial charge in [-0.15, -0.1) is 17.0 Å². The van der Waals surface area contributed by atoms with E-state index in [4.69, 9.17) is 0 Å². The molecule has 1 spiro atoms. The van der Waals surface area contributed by atoms with Crippen LogP contribution in [-0.4, -0.2) is 50.2 Å². The molecule has 1 aromatic carbocycles. The quantitative estimate of drug-likeness (QED) is 0.563. The second kappa shape index (κ2) is 8.86. The van der Waals surface area contributed by atoms with Gasteiger partial charge in [-0.05, 0) is 32.8 Å². The molecule has 8 nitrogen and oxygen atoms in total. The molecule has 0 unspecified atom stereocenters. The van der Waals surface area contributed by atoms with Crippen molar-refractivity contribution in [1.82, 2.24) is 14.8 Å². The lowest BCUT2D eigenvalue weighted by Gasteiger charge is -2.53. The van der Waals surface area contributed by atoms with Gasteiger partial charge in [0.25, 0.3) is 11.8 Å². The number of benzene rings is 1. The van der Waals surface area contributed by atoms with E-state index in [2.05, 4.69) is 5.32 Å². The van der Waals surface area contributed by atoms with Crippen LogP contribution in [0.15, 0.2) is 29.2 Å². The van der Waals surface area contributed by atoms with Crippen molar-refractivity contribution in [3.63, 3.8) is 0 Å². The average molecular weight is 528 g/mol. The zero-order valence-electron chi connectivity index (χ0n) is 18.0. The number of pyridine rings is 1. The molecular formula is C22H24BrF2N3O5. The molecule has 1 saturated carbocycles. The van der Waals surface area contributed by atoms with E-state index in [0.29, 0.717) is 18.9 Å². The Kier molecular flexibility index (Phi) is 6.67. The van der Waals surface area contributed by atoms with Crippen LogP contribution < -0.4 is 10.7 Å². The Hall–Kier alpha value is -2.79. The molecule has 1 fully saturated rings. The Labute approximate surface area is 198 Å². The molecule has 0 atom stereocenters. The first-order valence-corrected chi connectivity index (χ1v) is 10.2. The van der Waals surface area contributed by atoms with E-state index < -0.39 is 51.8 Å². The van der Waals surface area contributed by atoms with Crippen LogP contribution in [0.4, 0.5) is 8.78 Å². The Bertz CT molecular complexity index is 1180. The van der Waals surface area contributed by atoms with E-state index in [1.165, 1.54) is 21.7 Å². The summed E-state index contributed by atoms with van der Waals surface area (Å²) in [6.45, 7) is 3.57. The maximum absolute atomic E-state index is 13.8. The molecule has 2 amide bonds. The monoisotopic (exact) mass is 527 g/mol. The van der Waals surface area contributed by atoms with Gasteiger partial charge >= 0.3 is 0 Å². The van der Waals surface area contributed by atoms with Crippen LogP contribution in [0.3, 0.4) is 0 Å². The molecule has 2 heterocycles. The maximum Gasteiger partial charge on any atom is 0.274 e. The van der Waals surface area contributed by atoms with Crippen molar-refractivity contribution in [3.8, 4) is 5.75 Å². The van der Waals surface area contributed by atoms with Gasteiger partial charge in [0.15, 0.2) is 11.4 Å². The number of aliphatic hydroxyl groups is 1. The second-order valence-corrected chi connectivity index (χ2v) is 8.67. The van der Waals surface area contributed by atoms with Gasteiger partial charge in [0.2, 0.25) is 5.43 Å². The number of aliphatic hydroxyl groups excluding tert-OH is 1. The molecule has 2 aliphatic rings. The highest BCUT2D eigenvalue weighted by molar-refractivity contribution is 8.93. The summed E-state index contributed by atoms with van der Waals surface area (Å²) in [6, 6.07) is 2.70. The predicted octanol–water partition coefficient (Wildman–Crippen LogP) is 2.05. The fraction of sp³-hybridized carbons (Fsp3) is 0.409. The minimum atomic E-state index is -1.03. The number of rotatable bonds is 4. The normalized spacial score (nSPS) is 21.5. The standard InChI is InChI=1S/C22H23F2N3O5.BrH/c1-11(2)26-10-22(6-14(28)7-22)27-9-15(18(29)19(30)17(27)21(26)32)20(31)25-8-12-3-4-13(23)5-16(12)24;/h3-5,9,11,14,28,30H,6-8,10H2,1-2H3,(H,25,31);1H. The van der Waals surface area contributed by atoms with E-state index in [9.17, 15) is 33.4 Å². The SMILES string of the molecule is Br.CC(C)N1CC2(CC(O)C2)n2cc(C(=O)NCc3ccc(F)cc3F)c(=O)c(O)c2C1=O. The molecule has 11 heteroatoms. The molecule has 33 heavy (non-hydrogen) atoms. The van der Waals surface area contributed by atoms with Crippen LogP contribution in [0, 0.1) is 11.6 Å². The molecule has 4 rings (SSSR count). The number of nitrogens with zero attached hydrogens (tertiary/aromatic N) is 2. The first-order chi connectivity index (χ1) is 15.0. The van der Waals surface area contributed by atoms with E-state index in [0.717, 1.165) is 6.07 Å². The Balaban J connectivity index is 0.00000306. The summed E-state index contributed by atoms with van der Waals surface area (Å²) < 4.78 is 28.3. The summed E-state index contributed by atoms with van der Waals surface area (Å²) in [4.78, 5) is 39.9. The second-order valence-electron chi connectivity index (χ2n) is 8.67. The minimum absolute atomic E-state index is 0. The van der Waals surface area contributed by atoms with Crippen molar-refractivity contribution in [2.75, 3.05) is 6.54 Å². The molecule has 0 bridgehead atoms. The largest absolute Gasteiger partial charge is 0.503 e. The third kappa shape index (κ3) is 4.15. The number of amides is 2. The number of aromatic hydroxyl groups is 1. The number of hydrogen-bond acceptors (Lipinski definition) is 5. The van der Waals surface area contributed by atoms with Crippen LogP contribution in [0.2, 0.25) is 0 Å². The summed E-state index contributed by atoms with van der Waals surface area (Å²) >= 11 is 0.